The van der Waals surface area contributed by atoms with Crippen molar-refractivity contribution in [2.75, 3.05) is 6.61 Å². The maximum atomic E-state index is 13.0. The van der Waals surface area contributed by atoms with Gasteiger partial charge in [-0.15, -0.1) is 0 Å². The van der Waals surface area contributed by atoms with Crippen molar-refractivity contribution in [2.45, 2.75) is 37.5 Å². The molecule has 0 aliphatic heterocycles. The monoisotopic (exact) mass is 234 g/mol. The molecule has 0 aromatic heterocycles. The molecular weight excluding hydrogens is 215 g/mol. The van der Waals surface area contributed by atoms with E-state index in [0.29, 0.717) is 0 Å². The van der Waals surface area contributed by atoms with E-state index >= 15 is 0 Å². The highest BCUT2D eigenvalue weighted by atomic mass is 19.1. The molecule has 1 nitrogen and oxygen atoms in total. The minimum Gasteiger partial charge on any atom is -0.392 e. The van der Waals surface area contributed by atoms with Crippen molar-refractivity contribution < 1.29 is 9.50 Å². The molecule has 2 rings (SSSR count). The fourth-order valence-corrected chi connectivity index (χ4v) is 2.79. The van der Waals surface area contributed by atoms with Crippen molar-refractivity contribution in [3.05, 3.63) is 47.8 Å². The lowest BCUT2D eigenvalue weighted by atomic mass is 9.69. The molecule has 1 aliphatic carbocycles. The molecule has 17 heavy (non-hydrogen) atoms. The number of benzene rings is 1. The van der Waals surface area contributed by atoms with Gasteiger partial charge in [-0.05, 0) is 30.5 Å². The van der Waals surface area contributed by atoms with E-state index in [1.807, 2.05) is 18.2 Å². The summed E-state index contributed by atoms with van der Waals surface area (Å²) in [4.78, 5) is 0. The van der Waals surface area contributed by atoms with Gasteiger partial charge in [-0.2, -0.15) is 0 Å². The molecular formula is C15H19FO. The second kappa shape index (κ2) is 5.46. The summed E-state index contributed by atoms with van der Waals surface area (Å²) in [6.45, 7) is 0.0724. The summed E-state index contributed by atoms with van der Waals surface area (Å²) in [5.74, 6) is -0.189. The highest BCUT2D eigenvalue weighted by Gasteiger charge is 2.30. The van der Waals surface area contributed by atoms with Gasteiger partial charge < -0.3 is 5.11 Å². The fraction of sp³-hybridized carbons (Fsp3) is 0.467. The van der Waals surface area contributed by atoms with Gasteiger partial charge >= 0.3 is 0 Å². The molecule has 1 aromatic rings. The van der Waals surface area contributed by atoms with E-state index in [1.54, 1.807) is 0 Å². The van der Waals surface area contributed by atoms with Gasteiger partial charge in [0.2, 0.25) is 0 Å². The quantitative estimate of drug-likeness (QED) is 0.793. The van der Waals surface area contributed by atoms with Crippen molar-refractivity contribution in [3.8, 4) is 0 Å². The molecule has 1 fully saturated rings. The summed E-state index contributed by atoms with van der Waals surface area (Å²) in [7, 11) is 0. The Morgan fingerprint density at radius 1 is 1.12 bits per heavy atom. The van der Waals surface area contributed by atoms with Gasteiger partial charge in [-0.25, -0.2) is 4.39 Å². The molecule has 1 aliphatic rings. The molecule has 0 spiro atoms. The number of hydrogen-bond acceptors (Lipinski definition) is 1. The van der Waals surface area contributed by atoms with Crippen LogP contribution in [0.15, 0.2) is 36.4 Å². The van der Waals surface area contributed by atoms with Crippen molar-refractivity contribution >= 4 is 0 Å². The number of hydrogen-bond donors (Lipinski definition) is 1. The smallest absolute Gasteiger partial charge is 0.123 e. The number of allylic oxidation sites excluding steroid dienone is 1. The van der Waals surface area contributed by atoms with Crippen LogP contribution in [0.1, 0.15) is 37.7 Å². The van der Waals surface area contributed by atoms with Gasteiger partial charge in [0.1, 0.15) is 5.82 Å². The minimum atomic E-state index is -0.189. The van der Waals surface area contributed by atoms with E-state index in [1.165, 1.54) is 37.0 Å². The Kier molecular flexibility index (Phi) is 3.95. The molecule has 92 valence electrons. The first-order chi connectivity index (χ1) is 8.27. The van der Waals surface area contributed by atoms with E-state index in [0.717, 1.165) is 12.8 Å². The van der Waals surface area contributed by atoms with Gasteiger partial charge in [0.15, 0.2) is 0 Å². The van der Waals surface area contributed by atoms with Crippen molar-refractivity contribution in [3.63, 3.8) is 0 Å². The van der Waals surface area contributed by atoms with Crippen LogP contribution in [-0.2, 0) is 5.41 Å². The largest absolute Gasteiger partial charge is 0.392 e. The van der Waals surface area contributed by atoms with E-state index < -0.39 is 0 Å². The lowest BCUT2D eigenvalue weighted by molar-refractivity contribution is 0.331. The molecule has 0 saturated heterocycles. The fourth-order valence-electron chi connectivity index (χ4n) is 2.79. The summed E-state index contributed by atoms with van der Waals surface area (Å²) in [5, 5.41) is 8.96. The Labute approximate surface area is 102 Å². The Morgan fingerprint density at radius 3 is 2.35 bits per heavy atom. The third kappa shape index (κ3) is 2.75. The molecule has 0 amide bonds. The molecule has 0 heterocycles. The molecule has 0 radical (unpaired) electrons. The highest BCUT2D eigenvalue weighted by molar-refractivity contribution is 5.32. The van der Waals surface area contributed by atoms with Crippen molar-refractivity contribution in [1.82, 2.24) is 0 Å². The topological polar surface area (TPSA) is 20.2 Å². The van der Waals surface area contributed by atoms with E-state index in [2.05, 4.69) is 6.08 Å². The van der Waals surface area contributed by atoms with Crippen LogP contribution < -0.4 is 0 Å². The standard InChI is InChI=1S/C15H19FO/c16-14-7-5-13(6-8-14)15(11-4-12-17)9-2-1-3-10-15/h4-8,11,17H,1-3,9-10,12H2/b11-4+. The van der Waals surface area contributed by atoms with E-state index in [9.17, 15) is 4.39 Å². The molecule has 1 saturated carbocycles. The zero-order chi connectivity index (χ0) is 12.1. The zero-order valence-electron chi connectivity index (χ0n) is 10.0. The number of aliphatic hydroxyl groups excluding tert-OH is 1. The number of aliphatic hydroxyl groups is 1. The van der Waals surface area contributed by atoms with Crippen LogP contribution in [-0.4, -0.2) is 11.7 Å². The van der Waals surface area contributed by atoms with Crippen LogP contribution in [0, 0.1) is 5.82 Å². The minimum absolute atomic E-state index is 0.00861. The van der Waals surface area contributed by atoms with Crippen molar-refractivity contribution in [2.24, 2.45) is 0 Å². The second-order valence-electron chi connectivity index (χ2n) is 4.81. The average Bonchev–Trinajstić information content (AvgIpc) is 2.38. The zero-order valence-corrected chi connectivity index (χ0v) is 10.0. The maximum absolute atomic E-state index is 13.0. The first-order valence-corrected chi connectivity index (χ1v) is 6.31. The lowest BCUT2D eigenvalue weighted by Crippen LogP contribution is -2.26. The number of halogens is 1. The summed E-state index contributed by atoms with van der Waals surface area (Å²) >= 11 is 0. The Hall–Kier alpha value is -1.15. The highest BCUT2D eigenvalue weighted by Crippen LogP contribution is 2.40. The molecule has 0 unspecified atom stereocenters. The predicted octanol–water partition coefficient (Wildman–Crippen LogP) is 3.58. The van der Waals surface area contributed by atoms with Crippen LogP contribution in [0.4, 0.5) is 4.39 Å². The molecule has 1 N–H and O–H groups in total. The summed E-state index contributed by atoms with van der Waals surface area (Å²) in [6.07, 6.45) is 9.79. The summed E-state index contributed by atoms with van der Waals surface area (Å²) in [6, 6.07) is 6.81. The van der Waals surface area contributed by atoms with Crippen LogP contribution in [0.3, 0.4) is 0 Å². The first-order valence-electron chi connectivity index (χ1n) is 6.31. The normalized spacial score (nSPS) is 19.6. The third-order valence-electron chi connectivity index (χ3n) is 3.71. The summed E-state index contributed by atoms with van der Waals surface area (Å²) < 4.78 is 13.0. The van der Waals surface area contributed by atoms with Gasteiger partial charge in [0.25, 0.3) is 0 Å². The van der Waals surface area contributed by atoms with Crippen LogP contribution in [0.2, 0.25) is 0 Å². The van der Waals surface area contributed by atoms with E-state index in [4.69, 9.17) is 5.11 Å². The third-order valence-corrected chi connectivity index (χ3v) is 3.71. The second-order valence-corrected chi connectivity index (χ2v) is 4.81. The Morgan fingerprint density at radius 2 is 1.76 bits per heavy atom. The average molecular weight is 234 g/mol. The van der Waals surface area contributed by atoms with Crippen LogP contribution in [0.25, 0.3) is 0 Å². The van der Waals surface area contributed by atoms with Gasteiger partial charge in [-0.1, -0.05) is 43.5 Å². The molecule has 2 heteroatoms. The maximum Gasteiger partial charge on any atom is 0.123 e. The van der Waals surface area contributed by atoms with E-state index in [-0.39, 0.29) is 17.8 Å². The predicted molar refractivity (Wildman–Crippen MR) is 67.4 cm³/mol. The Bertz CT molecular complexity index is 374. The molecule has 0 bridgehead atoms. The number of rotatable bonds is 3. The summed E-state index contributed by atoms with van der Waals surface area (Å²) in [5.41, 5.74) is 1.18. The molecule has 1 aromatic carbocycles. The van der Waals surface area contributed by atoms with Gasteiger partial charge in [0.05, 0.1) is 6.61 Å². The first kappa shape index (κ1) is 12.3. The van der Waals surface area contributed by atoms with Gasteiger partial charge in [0, 0.05) is 5.41 Å². The molecule has 0 atom stereocenters. The van der Waals surface area contributed by atoms with Crippen LogP contribution >= 0.6 is 0 Å². The van der Waals surface area contributed by atoms with Crippen LogP contribution in [0.5, 0.6) is 0 Å². The lowest BCUT2D eigenvalue weighted by Gasteiger charge is -2.35. The van der Waals surface area contributed by atoms with Crippen molar-refractivity contribution in [1.29, 1.82) is 0 Å². The SMILES string of the molecule is OC/C=C/C1(c2ccc(F)cc2)CCCCC1. The van der Waals surface area contributed by atoms with Gasteiger partial charge in [-0.3, -0.25) is 0 Å². The Balaban J connectivity index is 2.31.